The monoisotopic (exact) mass is 258 g/mol. The van der Waals surface area contributed by atoms with Gasteiger partial charge >= 0.3 is 0 Å². The van der Waals surface area contributed by atoms with Crippen molar-refractivity contribution in [2.45, 2.75) is 24.4 Å². The number of nitrogens with one attached hydrogen (secondary N) is 1. The lowest BCUT2D eigenvalue weighted by atomic mass is 10.1. The molecule has 8 N–H and O–H groups in total. The number of hydrogen-bond acceptors (Lipinski definition) is 8. The molecular formula is C9H14N4O5. The Labute approximate surface area is 101 Å². The first-order chi connectivity index (χ1) is 8.45. The van der Waals surface area contributed by atoms with Crippen molar-refractivity contribution < 1.29 is 20.1 Å². The number of nitrogens with zero attached hydrogens (tertiary/aromatic N) is 1. The number of rotatable bonds is 2. The summed E-state index contributed by atoms with van der Waals surface area (Å²) in [7, 11) is 0. The zero-order valence-electron chi connectivity index (χ0n) is 9.28. The van der Waals surface area contributed by atoms with Crippen molar-refractivity contribution >= 4 is 11.6 Å². The summed E-state index contributed by atoms with van der Waals surface area (Å²) >= 11 is 0. The molecule has 0 aliphatic carbocycles. The van der Waals surface area contributed by atoms with Crippen molar-refractivity contribution in [1.29, 1.82) is 0 Å². The average Bonchev–Trinajstić information content (AvgIpc) is 2.61. The summed E-state index contributed by atoms with van der Waals surface area (Å²) in [5, 5.41) is 28.3. The van der Waals surface area contributed by atoms with Gasteiger partial charge in [-0.15, -0.1) is 0 Å². The molecule has 2 heterocycles. The minimum Gasteiger partial charge on any atom is -0.394 e. The summed E-state index contributed by atoms with van der Waals surface area (Å²) in [6.45, 7) is -0.479. The molecule has 1 fully saturated rings. The molecule has 1 aromatic heterocycles. The van der Waals surface area contributed by atoms with E-state index in [-0.39, 0.29) is 17.3 Å². The van der Waals surface area contributed by atoms with Gasteiger partial charge in [-0.3, -0.25) is 9.78 Å². The second-order valence-electron chi connectivity index (χ2n) is 4.01. The van der Waals surface area contributed by atoms with E-state index >= 15 is 0 Å². The summed E-state index contributed by atoms with van der Waals surface area (Å²) in [6.07, 6.45) is -4.71. The summed E-state index contributed by atoms with van der Waals surface area (Å²) in [6, 6.07) is 0. The molecule has 1 aliphatic rings. The van der Waals surface area contributed by atoms with Crippen LogP contribution in [0.25, 0.3) is 0 Å². The Kier molecular flexibility index (Phi) is 3.22. The van der Waals surface area contributed by atoms with E-state index < -0.39 is 36.6 Å². The van der Waals surface area contributed by atoms with Crippen LogP contribution in [0.15, 0.2) is 4.79 Å². The van der Waals surface area contributed by atoms with E-state index in [1.54, 1.807) is 0 Å². The van der Waals surface area contributed by atoms with Gasteiger partial charge in [0, 0.05) is 0 Å². The highest BCUT2D eigenvalue weighted by Crippen LogP contribution is 2.34. The fourth-order valence-corrected chi connectivity index (χ4v) is 1.86. The highest BCUT2D eigenvalue weighted by atomic mass is 16.6. The summed E-state index contributed by atoms with van der Waals surface area (Å²) in [4.78, 5) is 17.4. The van der Waals surface area contributed by atoms with Gasteiger partial charge in [-0.05, 0) is 0 Å². The van der Waals surface area contributed by atoms with Crippen LogP contribution in [-0.4, -0.2) is 50.2 Å². The van der Waals surface area contributed by atoms with Crippen LogP contribution >= 0.6 is 0 Å². The Bertz CT molecular complexity index is 504. The van der Waals surface area contributed by atoms with E-state index in [0.29, 0.717) is 0 Å². The highest BCUT2D eigenvalue weighted by Gasteiger charge is 2.44. The Balaban J connectivity index is 2.41. The number of nitrogen functional groups attached to an aromatic ring is 2. The maximum atomic E-state index is 11.4. The molecule has 0 amide bonds. The standard InChI is InChI=1S/C9H14N4O5/c10-3-4(12-9(11)13-8(3)17)7-6(16)5(15)2(1-14)18-7/h2,5-7,14-16H,1,10H2,(H3,11,12,13,17)/t2-,5-,6-,7?/m1/s1. The van der Waals surface area contributed by atoms with E-state index in [2.05, 4.69) is 9.97 Å². The fraction of sp³-hybridized carbons (Fsp3) is 0.556. The van der Waals surface area contributed by atoms with Gasteiger partial charge in [0.1, 0.15) is 35.8 Å². The molecule has 1 unspecified atom stereocenters. The topological polar surface area (TPSA) is 168 Å². The van der Waals surface area contributed by atoms with E-state index in [0.717, 1.165) is 0 Å². The first kappa shape index (κ1) is 12.8. The Hall–Kier alpha value is -1.68. The minimum atomic E-state index is -1.35. The lowest BCUT2D eigenvalue weighted by Crippen LogP contribution is -2.33. The highest BCUT2D eigenvalue weighted by molar-refractivity contribution is 5.45. The zero-order chi connectivity index (χ0) is 13.4. The van der Waals surface area contributed by atoms with Gasteiger partial charge < -0.3 is 31.5 Å². The number of ether oxygens (including phenoxy) is 1. The first-order valence-corrected chi connectivity index (χ1v) is 5.23. The van der Waals surface area contributed by atoms with Crippen LogP contribution < -0.4 is 17.0 Å². The number of aliphatic hydroxyl groups is 3. The van der Waals surface area contributed by atoms with Crippen LogP contribution in [-0.2, 0) is 4.74 Å². The maximum absolute atomic E-state index is 11.4. The summed E-state index contributed by atoms with van der Waals surface area (Å²) in [5.41, 5.74) is 9.94. The van der Waals surface area contributed by atoms with E-state index in [1.807, 2.05) is 0 Å². The van der Waals surface area contributed by atoms with Crippen molar-refractivity contribution in [3.63, 3.8) is 0 Å². The van der Waals surface area contributed by atoms with Gasteiger partial charge in [-0.1, -0.05) is 0 Å². The fourth-order valence-electron chi connectivity index (χ4n) is 1.86. The van der Waals surface area contributed by atoms with Gasteiger partial charge in [0.25, 0.3) is 5.56 Å². The molecule has 9 heteroatoms. The summed E-state index contributed by atoms with van der Waals surface area (Å²) in [5.74, 6) is -0.179. The molecule has 0 radical (unpaired) electrons. The van der Waals surface area contributed by atoms with Crippen molar-refractivity contribution in [2.24, 2.45) is 0 Å². The Morgan fingerprint density at radius 3 is 2.56 bits per heavy atom. The van der Waals surface area contributed by atoms with Crippen LogP contribution in [0.3, 0.4) is 0 Å². The normalized spacial score (nSPS) is 31.7. The number of anilines is 2. The second kappa shape index (κ2) is 4.53. The molecular weight excluding hydrogens is 244 g/mol. The zero-order valence-corrected chi connectivity index (χ0v) is 9.28. The predicted octanol–water partition coefficient (Wildman–Crippen LogP) is -2.91. The molecule has 0 saturated carbocycles. The van der Waals surface area contributed by atoms with Crippen LogP contribution in [0.4, 0.5) is 11.6 Å². The lowest BCUT2D eigenvalue weighted by molar-refractivity contribution is -0.0237. The van der Waals surface area contributed by atoms with Crippen molar-refractivity contribution in [3.05, 3.63) is 16.0 Å². The van der Waals surface area contributed by atoms with E-state index in [1.165, 1.54) is 0 Å². The predicted molar refractivity (Wildman–Crippen MR) is 60.4 cm³/mol. The van der Waals surface area contributed by atoms with Gasteiger partial charge in [-0.25, -0.2) is 4.98 Å². The molecule has 18 heavy (non-hydrogen) atoms. The minimum absolute atomic E-state index is 0.0567. The molecule has 4 atom stereocenters. The molecule has 100 valence electrons. The molecule has 0 aromatic carbocycles. The Morgan fingerprint density at radius 2 is 2.00 bits per heavy atom. The third-order valence-electron chi connectivity index (χ3n) is 2.81. The molecule has 0 bridgehead atoms. The molecule has 1 aromatic rings. The van der Waals surface area contributed by atoms with Crippen molar-refractivity contribution in [2.75, 3.05) is 18.1 Å². The van der Waals surface area contributed by atoms with Crippen LogP contribution in [0.5, 0.6) is 0 Å². The average molecular weight is 258 g/mol. The van der Waals surface area contributed by atoms with Gasteiger partial charge in [0.05, 0.1) is 6.61 Å². The van der Waals surface area contributed by atoms with Gasteiger partial charge in [0.15, 0.2) is 0 Å². The van der Waals surface area contributed by atoms with Crippen LogP contribution in [0.2, 0.25) is 0 Å². The number of H-pyrrole nitrogens is 1. The third kappa shape index (κ3) is 1.93. The summed E-state index contributed by atoms with van der Waals surface area (Å²) < 4.78 is 5.21. The SMILES string of the molecule is Nc1nc(C2O[C@H](CO)[C@@H](O)[C@H]2O)c(N)c(=O)[nH]1. The number of aromatic nitrogens is 2. The molecule has 1 saturated heterocycles. The van der Waals surface area contributed by atoms with Gasteiger partial charge in [0.2, 0.25) is 5.95 Å². The van der Waals surface area contributed by atoms with Crippen LogP contribution in [0, 0.1) is 0 Å². The van der Waals surface area contributed by atoms with Gasteiger partial charge in [-0.2, -0.15) is 0 Å². The number of nitrogens with two attached hydrogens (primary N) is 2. The smallest absolute Gasteiger partial charge is 0.275 e. The number of hydrogen-bond donors (Lipinski definition) is 6. The molecule has 2 rings (SSSR count). The van der Waals surface area contributed by atoms with Crippen molar-refractivity contribution in [1.82, 2.24) is 9.97 Å². The third-order valence-corrected chi connectivity index (χ3v) is 2.81. The molecule has 9 nitrogen and oxygen atoms in total. The molecule has 0 spiro atoms. The largest absolute Gasteiger partial charge is 0.394 e. The van der Waals surface area contributed by atoms with E-state index in [9.17, 15) is 15.0 Å². The maximum Gasteiger partial charge on any atom is 0.275 e. The number of aromatic amines is 1. The first-order valence-electron chi connectivity index (χ1n) is 5.23. The van der Waals surface area contributed by atoms with Crippen LogP contribution in [0.1, 0.15) is 11.8 Å². The Morgan fingerprint density at radius 1 is 1.33 bits per heavy atom. The van der Waals surface area contributed by atoms with Crippen molar-refractivity contribution in [3.8, 4) is 0 Å². The van der Waals surface area contributed by atoms with E-state index in [4.69, 9.17) is 21.3 Å². The molecule has 1 aliphatic heterocycles. The lowest BCUT2D eigenvalue weighted by Gasteiger charge is -2.15. The quantitative estimate of drug-likeness (QED) is 0.328. The second-order valence-corrected chi connectivity index (χ2v) is 4.01. The number of aliphatic hydroxyl groups excluding tert-OH is 3.